The molecule has 13 aromatic rings. The summed E-state index contributed by atoms with van der Waals surface area (Å²) in [4.78, 5) is 2.50. The van der Waals surface area contributed by atoms with Gasteiger partial charge in [-0.25, -0.2) is 0 Å². The molecule has 0 N–H and O–H groups in total. The van der Waals surface area contributed by atoms with E-state index in [4.69, 9.17) is 9.47 Å². The number of anilines is 3. The Labute approximate surface area is 397 Å². The molecule has 0 amide bonds. The van der Waals surface area contributed by atoms with E-state index < -0.39 is 20.2 Å². The van der Waals surface area contributed by atoms with Crippen LogP contribution in [-0.4, -0.2) is 33.9 Å². The number of fused-ring (bicyclic) bond motifs is 9. The van der Waals surface area contributed by atoms with E-state index in [0.29, 0.717) is 0 Å². The molecule has 0 saturated carbocycles. The van der Waals surface area contributed by atoms with E-state index in [0.717, 1.165) is 90.2 Å². The van der Waals surface area contributed by atoms with E-state index in [1.165, 1.54) is 48.4 Å². The molecule has 6 heterocycles. The van der Waals surface area contributed by atoms with E-state index in [1.54, 1.807) is 0 Å². The summed E-state index contributed by atoms with van der Waals surface area (Å²) >= 11 is -3.00. The molecular weight excluding hydrogens is 942 g/mol. The van der Waals surface area contributed by atoms with Crippen molar-refractivity contribution in [3.63, 3.8) is 0 Å². The Bertz CT molecular complexity index is 4010. The van der Waals surface area contributed by atoms with Crippen molar-refractivity contribution in [3.05, 3.63) is 212 Å². The minimum atomic E-state index is -3.00. The molecule has 3 aromatic heterocycles. The molecule has 0 unspecified atom stereocenters. The molecule has 318 valence electrons. The molecule has 0 spiro atoms. The summed E-state index contributed by atoms with van der Waals surface area (Å²) in [5, 5.41) is 7.34. The Morgan fingerprint density at radius 2 is 0.603 bits per heavy atom. The van der Waals surface area contributed by atoms with Crippen LogP contribution in [0.5, 0.6) is 23.0 Å². The summed E-state index contributed by atoms with van der Waals surface area (Å²) in [6.07, 6.45) is 0. The number of para-hydroxylation sites is 6. The molecule has 0 bridgehead atoms. The Hall–Kier alpha value is -8.18. The monoisotopic (exact) mass is 978 g/mol. The number of ether oxygens (including phenoxy) is 2. The van der Waals surface area contributed by atoms with Crippen molar-refractivity contribution in [2.24, 2.45) is 0 Å². The first kappa shape index (κ1) is 37.0. The van der Waals surface area contributed by atoms with E-state index in [2.05, 4.69) is 232 Å². The Balaban J connectivity index is 1.04. The number of hydrogen-bond acceptors (Lipinski definition) is 3. The number of aromatic nitrogens is 3. The van der Waals surface area contributed by atoms with Crippen LogP contribution < -0.4 is 24.9 Å². The van der Waals surface area contributed by atoms with E-state index in [1.807, 2.05) is 0 Å². The van der Waals surface area contributed by atoms with Gasteiger partial charge >= 0.3 is 400 Å². The van der Waals surface area contributed by atoms with Crippen LogP contribution >= 0.6 is 0 Å². The second-order valence-electron chi connectivity index (χ2n) is 18.2. The van der Waals surface area contributed by atoms with Gasteiger partial charge in [-0.05, 0) is 0 Å². The number of benzene rings is 10. The second kappa shape index (κ2) is 13.5. The zero-order valence-corrected chi connectivity index (χ0v) is 39.2. The van der Waals surface area contributed by atoms with Gasteiger partial charge in [-0.2, -0.15) is 0 Å². The maximum absolute atomic E-state index is 7.47. The maximum atomic E-state index is 7.47. The zero-order chi connectivity index (χ0) is 44.4. The fraction of sp³-hybridized carbons (Fsp3) is 0.0164. The Morgan fingerprint density at radius 1 is 0.309 bits per heavy atom. The van der Waals surface area contributed by atoms with Gasteiger partial charge < -0.3 is 0 Å². The van der Waals surface area contributed by atoms with Gasteiger partial charge in [0.25, 0.3) is 0 Å². The normalized spacial score (nSPS) is 13.5. The fourth-order valence-corrected chi connectivity index (χ4v) is 19.6. The predicted octanol–water partition coefficient (Wildman–Crippen LogP) is 13.8. The predicted molar refractivity (Wildman–Crippen MR) is 280 cm³/mol. The molecule has 0 fully saturated rings. The van der Waals surface area contributed by atoms with E-state index in [9.17, 15) is 0 Å². The third-order valence-electron chi connectivity index (χ3n) is 14.5. The van der Waals surface area contributed by atoms with Gasteiger partial charge in [-0.3, -0.25) is 0 Å². The van der Waals surface area contributed by atoms with Gasteiger partial charge in [-0.15, -0.1) is 0 Å². The molecule has 10 aromatic carbocycles. The van der Waals surface area contributed by atoms with Gasteiger partial charge in [-0.1, -0.05) is 0 Å². The molecule has 0 saturated heterocycles. The molecule has 68 heavy (non-hydrogen) atoms. The summed E-state index contributed by atoms with van der Waals surface area (Å²) in [5.74, 6) is 3.60. The summed E-state index contributed by atoms with van der Waals surface area (Å²) < 4.78 is 26.0. The van der Waals surface area contributed by atoms with Gasteiger partial charge in [0.2, 0.25) is 0 Å². The molecular formula is C61H37N4O2Sb. The van der Waals surface area contributed by atoms with Crippen molar-refractivity contribution in [2.75, 3.05) is 4.90 Å². The first-order valence-electron chi connectivity index (χ1n) is 23.2. The van der Waals surface area contributed by atoms with Crippen LogP contribution in [0.4, 0.5) is 17.1 Å². The molecule has 6 nitrogen and oxygen atoms in total. The molecule has 3 aliphatic heterocycles. The quantitative estimate of drug-likeness (QED) is 0.165. The van der Waals surface area contributed by atoms with Crippen LogP contribution in [0.1, 0.15) is 5.56 Å². The summed E-state index contributed by atoms with van der Waals surface area (Å²) in [6, 6.07) is 75.6. The first-order valence-corrected chi connectivity index (χ1v) is 27.0. The van der Waals surface area contributed by atoms with Crippen molar-refractivity contribution >= 4 is 113 Å². The first-order chi connectivity index (χ1) is 33.6. The number of rotatable bonds is 4. The van der Waals surface area contributed by atoms with E-state index in [-0.39, 0.29) is 0 Å². The van der Waals surface area contributed by atoms with Crippen molar-refractivity contribution in [2.45, 2.75) is 6.92 Å². The molecule has 0 aliphatic carbocycles. The number of aryl methyl sites for hydroxylation is 1. The SMILES string of the molecule is Cc1ccc(N2c3cc(-n4c5ccccc5c5ccccc54)cc4[c]3[Sb]3[c]5c(cc(-n6c7ccccc7c7ccccc76)cc5Oc5cc(-n6c7ccccc7c7ccccc76)cc2[c]53)O4)cc1. The number of nitrogens with zero attached hydrogens (tertiary/aromatic N) is 4. The van der Waals surface area contributed by atoms with Crippen molar-refractivity contribution in [3.8, 4) is 40.1 Å². The van der Waals surface area contributed by atoms with Crippen LogP contribution in [-0.2, 0) is 0 Å². The topological polar surface area (TPSA) is 36.5 Å². The summed E-state index contributed by atoms with van der Waals surface area (Å²) in [6.45, 7) is 2.16. The average molecular weight is 980 g/mol. The molecule has 0 atom stereocenters. The van der Waals surface area contributed by atoms with Gasteiger partial charge in [0, 0.05) is 0 Å². The Kier molecular flexibility index (Phi) is 7.32. The van der Waals surface area contributed by atoms with Crippen LogP contribution in [0.15, 0.2) is 206 Å². The summed E-state index contributed by atoms with van der Waals surface area (Å²) in [5.41, 5.74) is 14.7. The van der Waals surface area contributed by atoms with Crippen LogP contribution in [0, 0.1) is 6.92 Å². The molecule has 16 rings (SSSR count). The zero-order valence-electron chi connectivity index (χ0n) is 36.7. The van der Waals surface area contributed by atoms with Crippen molar-refractivity contribution in [1.82, 2.24) is 13.7 Å². The Morgan fingerprint density at radius 3 is 0.941 bits per heavy atom. The van der Waals surface area contributed by atoms with Crippen molar-refractivity contribution in [1.29, 1.82) is 0 Å². The van der Waals surface area contributed by atoms with Crippen molar-refractivity contribution < 1.29 is 9.47 Å². The average Bonchev–Trinajstić information content (AvgIpc) is 4.02. The summed E-state index contributed by atoms with van der Waals surface area (Å²) in [7, 11) is 0. The van der Waals surface area contributed by atoms with Crippen LogP contribution in [0.25, 0.3) is 82.5 Å². The molecule has 7 heteroatoms. The van der Waals surface area contributed by atoms with Gasteiger partial charge in [0.05, 0.1) is 0 Å². The van der Waals surface area contributed by atoms with Gasteiger partial charge in [0.15, 0.2) is 0 Å². The number of hydrogen-bond donors (Lipinski definition) is 0. The van der Waals surface area contributed by atoms with E-state index >= 15 is 0 Å². The van der Waals surface area contributed by atoms with Gasteiger partial charge in [0.1, 0.15) is 0 Å². The third kappa shape index (κ3) is 4.87. The third-order valence-corrected chi connectivity index (χ3v) is 22.2. The molecule has 0 radical (unpaired) electrons. The minimum absolute atomic E-state index is 0.882. The molecule has 3 aliphatic rings. The second-order valence-corrected chi connectivity index (χ2v) is 24.0. The van der Waals surface area contributed by atoms with Crippen LogP contribution in [0.3, 0.4) is 0 Å². The van der Waals surface area contributed by atoms with Crippen LogP contribution in [0.2, 0.25) is 0 Å². The standard InChI is InChI=1S/C61H37N4O2.Sb/c1-39-26-28-40(29-27-39)62-41-30-43(63-56-20-8-2-14-50(56)51-15-3-9-21-57(51)63)34-46(32-41)66-48-36-45(65-60-24-12-6-18-54(60)55-19-7-13-25-61(55)65)37-49(38-48)67-47-33-42(62)31-44(35-47)64-58-22-10-4-16-52(58)53-17-5-11-23-59(53)64;/h2-31,34-37H,1H3;. The fourth-order valence-electron chi connectivity index (χ4n) is 11.7.